The van der Waals surface area contributed by atoms with Crippen LogP contribution in [0.2, 0.25) is 0 Å². The molecule has 0 aliphatic carbocycles. The first-order chi connectivity index (χ1) is 21.3. The van der Waals surface area contributed by atoms with Gasteiger partial charge in [0.2, 0.25) is 5.95 Å². The van der Waals surface area contributed by atoms with Crippen LogP contribution in [-0.2, 0) is 36.7 Å². The molecule has 4 aromatic heterocycles. The molecule has 7 N–H and O–H groups in total. The number of hydrogen-bond donors (Lipinski definition) is 6. The largest absolute Gasteiger partial charge is 0.472 e. The van der Waals surface area contributed by atoms with Crippen LogP contribution in [-0.4, -0.2) is 98.9 Å². The molecule has 3 aliphatic heterocycles. The van der Waals surface area contributed by atoms with E-state index in [1.54, 1.807) is 0 Å². The number of aromatic nitrogens is 8. The van der Waals surface area contributed by atoms with Crippen molar-refractivity contribution in [3.63, 3.8) is 0 Å². The maximum Gasteiger partial charge on any atom is 0.472 e. The van der Waals surface area contributed by atoms with Gasteiger partial charge in [0.15, 0.2) is 41.3 Å². The minimum atomic E-state index is -5.10. The number of aliphatic hydroxyl groups is 1. The number of nitrogens with one attached hydrogen (secondary N) is 1. The van der Waals surface area contributed by atoms with Gasteiger partial charge in [-0.2, -0.15) is 4.98 Å². The topological polar surface area (TPSA) is 289 Å². The number of fused-ring (bicyclic) bond motifs is 5. The third-order valence-corrected chi connectivity index (χ3v) is 9.88. The van der Waals surface area contributed by atoms with Gasteiger partial charge in [-0.1, -0.05) is 12.2 Å². The van der Waals surface area contributed by atoms with Crippen LogP contribution >= 0.6 is 26.9 Å². The molecule has 25 heteroatoms. The number of imidazole rings is 2. The Morgan fingerprint density at radius 3 is 2.42 bits per heavy atom. The van der Waals surface area contributed by atoms with Gasteiger partial charge in [-0.25, -0.2) is 33.5 Å². The van der Waals surface area contributed by atoms with E-state index in [0.717, 1.165) is 12.7 Å². The Labute approximate surface area is 254 Å². The standard InChI is InChI=1S/C20H23FN10O11P2S/c21-8-12-7(40-18(8)30-4-26-9-14(22)24-3-25-15(9)30)2-38-44(36,45)42-13-11(32)6(1-37-43(34,35)41-12)39-19(13)31-5-27-10-16(31)28-20(23)29-17(10)33/h3-8,11-13,18-19,32H,1-2H2,(H,34,35)(H,36,45)(H2,22,24,25)(H3,23,28,29,33)/t6-,7-,8+,11?,12?,13+,18-,19-,44-/m1/s1. The zero-order valence-electron chi connectivity index (χ0n) is 22.3. The number of nitrogens with zero attached hydrogens (tertiary/aromatic N) is 7. The first kappa shape index (κ1) is 30.6. The number of aromatic amines is 1. The molecular formula is C20H23FN10O11P2S. The summed E-state index contributed by atoms with van der Waals surface area (Å²) < 4.78 is 77.6. The fourth-order valence-corrected chi connectivity index (χ4v) is 7.68. The summed E-state index contributed by atoms with van der Waals surface area (Å²) in [6.07, 6.45) is -9.63. The highest BCUT2D eigenvalue weighted by atomic mass is 32.7. The van der Waals surface area contributed by atoms with Gasteiger partial charge in [0, 0.05) is 0 Å². The van der Waals surface area contributed by atoms with Crippen molar-refractivity contribution in [3.8, 4) is 0 Å². The van der Waals surface area contributed by atoms with Crippen LogP contribution in [0.4, 0.5) is 16.2 Å². The van der Waals surface area contributed by atoms with Crippen LogP contribution in [0.3, 0.4) is 0 Å². The Bertz CT molecular complexity index is 1950. The molecule has 10 atom stereocenters. The number of halogens is 1. The smallest absolute Gasteiger partial charge is 0.387 e. The lowest BCUT2D eigenvalue weighted by molar-refractivity contribution is -0.0619. The van der Waals surface area contributed by atoms with Gasteiger partial charge in [0.25, 0.3) is 5.56 Å². The summed E-state index contributed by atoms with van der Waals surface area (Å²) in [5.74, 6) is -0.244. The van der Waals surface area contributed by atoms with E-state index >= 15 is 4.39 Å². The SMILES string of the molecule is Nc1nc2c(ncn2[C@@H]2O[C@@H]3COP(=O)(O)OC4[C@@H](CO[P@@](=O)(S)O[C@H]2C3O)O[C@@H](n2cnc3c(N)ncnc32)[C@H]4F)c(=O)[nH]1. The molecule has 242 valence electrons. The minimum absolute atomic E-state index is 0.0165. The second-order valence-corrected chi connectivity index (χ2v) is 14.4. The molecule has 21 nitrogen and oxygen atoms in total. The Morgan fingerprint density at radius 1 is 0.956 bits per heavy atom. The molecule has 2 bridgehead atoms. The maximum atomic E-state index is 15.9. The highest BCUT2D eigenvalue weighted by molar-refractivity contribution is 8.44. The lowest BCUT2D eigenvalue weighted by Crippen LogP contribution is -2.35. The summed E-state index contributed by atoms with van der Waals surface area (Å²) in [4.78, 5) is 45.1. The summed E-state index contributed by atoms with van der Waals surface area (Å²) in [6.45, 7) is -6.00. The van der Waals surface area contributed by atoms with E-state index in [-0.39, 0.29) is 34.1 Å². The summed E-state index contributed by atoms with van der Waals surface area (Å²) in [5.41, 5.74) is 10.8. The number of aliphatic hydroxyl groups excluding tert-OH is 1. The van der Waals surface area contributed by atoms with Crippen molar-refractivity contribution in [3.05, 3.63) is 29.3 Å². The van der Waals surface area contributed by atoms with Crippen LogP contribution in [0.25, 0.3) is 22.3 Å². The van der Waals surface area contributed by atoms with Crippen molar-refractivity contribution in [1.82, 2.24) is 39.0 Å². The quantitative estimate of drug-likeness (QED) is 0.115. The van der Waals surface area contributed by atoms with E-state index in [0.29, 0.717) is 0 Å². The maximum absolute atomic E-state index is 15.9. The Hall–Kier alpha value is -3.08. The third-order valence-electron chi connectivity index (χ3n) is 7.28. The monoisotopic (exact) mass is 692 g/mol. The summed E-state index contributed by atoms with van der Waals surface area (Å²) in [5, 5.41) is 11.1. The second-order valence-electron chi connectivity index (χ2n) is 10.1. The van der Waals surface area contributed by atoms with E-state index in [1.165, 1.54) is 15.5 Å². The molecule has 3 saturated heterocycles. The predicted molar refractivity (Wildman–Crippen MR) is 149 cm³/mol. The molecular weight excluding hydrogens is 669 g/mol. The first-order valence-electron chi connectivity index (χ1n) is 12.9. The van der Waals surface area contributed by atoms with Crippen LogP contribution in [0.1, 0.15) is 12.5 Å². The van der Waals surface area contributed by atoms with Gasteiger partial charge in [-0.05, 0) is 0 Å². The lowest BCUT2D eigenvalue weighted by Gasteiger charge is -2.26. The van der Waals surface area contributed by atoms with E-state index in [4.69, 9.17) is 39.0 Å². The number of ether oxygens (including phenoxy) is 2. The molecule has 0 aromatic carbocycles. The van der Waals surface area contributed by atoms with Gasteiger partial charge >= 0.3 is 14.6 Å². The molecule has 45 heavy (non-hydrogen) atoms. The molecule has 3 fully saturated rings. The summed E-state index contributed by atoms with van der Waals surface area (Å²) >= 11 is 4.01. The van der Waals surface area contributed by atoms with Crippen LogP contribution < -0.4 is 17.0 Å². The van der Waals surface area contributed by atoms with Crippen molar-refractivity contribution in [1.29, 1.82) is 0 Å². The van der Waals surface area contributed by atoms with Crippen LogP contribution in [0.5, 0.6) is 0 Å². The van der Waals surface area contributed by atoms with Crippen LogP contribution in [0.15, 0.2) is 23.8 Å². The van der Waals surface area contributed by atoms with Crippen molar-refractivity contribution in [2.24, 2.45) is 0 Å². The number of nitrogen functional groups attached to an aromatic ring is 2. The molecule has 4 aromatic rings. The second kappa shape index (κ2) is 11.0. The highest BCUT2D eigenvalue weighted by Gasteiger charge is 2.54. The van der Waals surface area contributed by atoms with E-state index in [9.17, 15) is 23.9 Å². The number of thiol groups is 1. The van der Waals surface area contributed by atoms with Crippen molar-refractivity contribution in [2.75, 3.05) is 24.7 Å². The third kappa shape index (κ3) is 5.42. The first-order valence-corrected chi connectivity index (χ1v) is 17.1. The van der Waals surface area contributed by atoms with Gasteiger partial charge in [-0.3, -0.25) is 37.0 Å². The Morgan fingerprint density at radius 2 is 1.64 bits per heavy atom. The normalized spacial score (nSPS) is 37.7. The molecule has 0 amide bonds. The molecule has 7 rings (SSSR count). The van der Waals surface area contributed by atoms with E-state index < -0.39 is 82.5 Å². The molecule has 3 unspecified atom stereocenters. The zero-order chi connectivity index (χ0) is 31.8. The van der Waals surface area contributed by atoms with Gasteiger partial charge in [-0.15, -0.1) is 0 Å². The number of anilines is 2. The molecule has 0 saturated carbocycles. The molecule has 7 heterocycles. The Kier molecular flexibility index (Phi) is 7.49. The predicted octanol–water partition coefficient (Wildman–Crippen LogP) is -0.427. The number of hydrogen-bond acceptors (Lipinski definition) is 17. The number of alkyl halides is 1. The number of phosphoric ester groups is 1. The lowest BCUT2D eigenvalue weighted by atomic mass is 10.1. The number of rotatable bonds is 2. The summed E-state index contributed by atoms with van der Waals surface area (Å²) in [7, 11) is -5.10. The molecule has 0 radical (unpaired) electrons. The van der Waals surface area contributed by atoms with Crippen molar-refractivity contribution >= 4 is 61.0 Å². The van der Waals surface area contributed by atoms with Crippen molar-refractivity contribution in [2.45, 2.75) is 49.1 Å². The highest BCUT2D eigenvalue weighted by Crippen LogP contribution is 2.58. The molecule has 0 spiro atoms. The number of H-pyrrole nitrogens is 1. The fraction of sp³-hybridized carbons (Fsp3) is 0.500. The van der Waals surface area contributed by atoms with E-state index in [2.05, 4.69) is 42.2 Å². The number of phosphoric acid groups is 1. The summed E-state index contributed by atoms with van der Waals surface area (Å²) in [6, 6.07) is 0. The van der Waals surface area contributed by atoms with Gasteiger partial charge in [0.05, 0.1) is 25.9 Å². The zero-order valence-corrected chi connectivity index (χ0v) is 25.0. The average Bonchev–Trinajstić information content (AvgIpc) is 3.72. The van der Waals surface area contributed by atoms with Crippen LogP contribution in [0, 0.1) is 0 Å². The van der Waals surface area contributed by atoms with Crippen molar-refractivity contribution < 1.29 is 51.1 Å². The average molecular weight is 692 g/mol. The van der Waals surface area contributed by atoms with Gasteiger partial charge < -0.3 is 30.9 Å². The number of nitrogens with two attached hydrogens (primary N) is 2. The fourth-order valence-electron chi connectivity index (χ4n) is 5.26. The Balaban J connectivity index is 1.21. The molecule has 3 aliphatic rings. The van der Waals surface area contributed by atoms with Gasteiger partial charge in [0.1, 0.15) is 42.4 Å². The minimum Gasteiger partial charge on any atom is -0.387 e. The van der Waals surface area contributed by atoms with E-state index in [1.807, 2.05) is 0 Å².